The van der Waals surface area contributed by atoms with Crippen molar-refractivity contribution in [2.75, 3.05) is 18.5 Å². The number of hydrogen-bond acceptors (Lipinski definition) is 5. The number of anilines is 1. The molecule has 29 heavy (non-hydrogen) atoms. The lowest BCUT2D eigenvalue weighted by Gasteiger charge is -2.10. The van der Waals surface area contributed by atoms with Crippen molar-refractivity contribution in [2.24, 2.45) is 0 Å². The monoisotopic (exact) mass is 419 g/mol. The van der Waals surface area contributed by atoms with E-state index in [2.05, 4.69) is 15.4 Å². The van der Waals surface area contributed by atoms with Gasteiger partial charge >= 0.3 is 0 Å². The maximum Gasteiger partial charge on any atom is 0.257 e. The second-order valence-electron chi connectivity index (χ2n) is 6.52. The summed E-state index contributed by atoms with van der Waals surface area (Å²) in [5.74, 6) is -0.0813. The van der Waals surface area contributed by atoms with E-state index in [1.165, 1.54) is 24.3 Å². The van der Waals surface area contributed by atoms with Crippen LogP contribution in [0.2, 0.25) is 0 Å². The fourth-order valence-electron chi connectivity index (χ4n) is 2.40. The topological polar surface area (TPSA) is 114 Å². The van der Waals surface area contributed by atoms with Crippen LogP contribution in [0.25, 0.3) is 0 Å². The lowest BCUT2D eigenvalue weighted by atomic mass is 10.2. The predicted octanol–water partition coefficient (Wildman–Crippen LogP) is 2.14. The van der Waals surface area contributed by atoms with Gasteiger partial charge in [-0.2, -0.15) is 0 Å². The molecule has 9 heteroatoms. The first-order valence-corrected chi connectivity index (χ1v) is 10.6. The van der Waals surface area contributed by atoms with E-state index in [9.17, 15) is 18.0 Å². The molecule has 0 aliphatic carbocycles. The number of sulfonamides is 1. The molecule has 0 heterocycles. The quantitative estimate of drug-likeness (QED) is 0.576. The van der Waals surface area contributed by atoms with Gasteiger partial charge in [0.1, 0.15) is 5.75 Å². The number of carbonyl (C=O) groups excluding carboxylic acids is 2. The number of nitrogens with one attached hydrogen (secondary N) is 3. The van der Waals surface area contributed by atoms with Crippen LogP contribution < -0.4 is 20.1 Å². The largest absolute Gasteiger partial charge is 0.484 e. The van der Waals surface area contributed by atoms with Gasteiger partial charge in [0.2, 0.25) is 10.0 Å². The number of likely N-dealkylation sites (N-methyl/N-ethyl adjacent to an activating group) is 1. The molecule has 0 aromatic heterocycles. The molecule has 0 unspecified atom stereocenters. The van der Waals surface area contributed by atoms with Crippen molar-refractivity contribution in [3.8, 4) is 5.75 Å². The summed E-state index contributed by atoms with van der Waals surface area (Å²) in [6.07, 6.45) is 0. The molecule has 8 nitrogen and oxygen atoms in total. The van der Waals surface area contributed by atoms with Crippen LogP contribution in [-0.4, -0.2) is 39.4 Å². The van der Waals surface area contributed by atoms with Gasteiger partial charge in [0.25, 0.3) is 11.8 Å². The maximum atomic E-state index is 12.4. The number of rotatable bonds is 9. The molecular formula is C20H25N3O5S. The fourth-order valence-corrected chi connectivity index (χ4v) is 3.65. The molecule has 0 fully saturated rings. The third-order valence-corrected chi connectivity index (χ3v) is 5.35. The minimum Gasteiger partial charge on any atom is -0.484 e. The Hall–Kier alpha value is -2.91. The van der Waals surface area contributed by atoms with E-state index in [-0.39, 0.29) is 29.4 Å². The van der Waals surface area contributed by atoms with Crippen LogP contribution in [0.3, 0.4) is 0 Å². The third-order valence-electron chi connectivity index (χ3n) is 3.67. The summed E-state index contributed by atoms with van der Waals surface area (Å²) in [6, 6.07) is 12.0. The van der Waals surface area contributed by atoms with Gasteiger partial charge in [0.05, 0.1) is 4.90 Å². The lowest BCUT2D eigenvalue weighted by Crippen LogP contribution is -2.30. The number of benzene rings is 2. The highest BCUT2D eigenvalue weighted by Crippen LogP contribution is 2.17. The molecule has 0 saturated carbocycles. The van der Waals surface area contributed by atoms with Gasteiger partial charge in [-0.1, -0.05) is 0 Å². The Bertz CT molecular complexity index is 939. The predicted molar refractivity (Wildman–Crippen MR) is 110 cm³/mol. The first kappa shape index (κ1) is 22.4. The Labute approximate surface area is 170 Å². The lowest BCUT2D eigenvalue weighted by molar-refractivity contribution is -0.122. The van der Waals surface area contributed by atoms with Gasteiger partial charge in [-0.15, -0.1) is 0 Å². The molecule has 0 saturated heterocycles. The number of carbonyl (C=O) groups is 2. The van der Waals surface area contributed by atoms with Gasteiger partial charge < -0.3 is 15.4 Å². The Morgan fingerprint density at radius 3 is 2.17 bits per heavy atom. The van der Waals surface area contributed by atoms with E-state index >= 15 is 0 Å². The highest BCUT2D eigenvalue weighted by atomic mass is 32.2. The normalized spacial score (nSPS) is 11.2. The van der Waals surface area contributed by atoms with E-state index in [4.69, 9.17) is 4.74 Å². The second-order valence-corrected chi connectivity index (χ2v) is 8.24. The molecule has 0 radical (unpaired) electrons. The average molecular weight is 420 g/mol. The Balaban J connectivity index is 1.97. The third kappa shape index (κ3) is 6.88. The summed E-state index contributed by atoms with van der Waals surface area (Å²) in [7, 11) is -3.61. The smallest absolute Gasteiger partial charge is 0.257 e. The molecule has 0 atom stereocenters. The summed E-state index contributed by atoms with van der Waals surface area (Å²) in [5, 5.41) is 5.35. The SMILES string of the molecule is CCNC(=O)COc1ccc(NC(=O)c2ccc(S(=O)(=O)NC(C)C)cc2)cc1. The number of amides is 2. The minimum absolute atomic E-state index is 0.0829. The van der Waals surface area contributed by atoms with Crippen molar-refractivity contribution in [3.63, 3.8) is 0 Å². The van der Waals surface area contributed by atoms with Gasteiger partial charge in [-0.3, -0.25) is 9.59 Å². The summed E-state index contributed by atoms with van der Waals surface area (Å²) >= 11 is 0. The Morgan fingerprint density at radius 1 is 1.00 bits per heavy atom. The molecule has 3 N–H and O–H groups in total. The Morgan fingerprint density at radius 2 is 1.62 bits per heavy atom. The van der Waals surface area contributed by atoms with Crippen molar-refractivity contribution in [2.45, 2.75) is 31.7 Å². The van der Waals surface area contributed by atoms with Crippen LogP contribution in [0.1, 0.15) is 31.1 Å². The highest BCUT2D eigenvalue weighted by molar-refractivity contribution is 7.89. The van der Waals surface area contributed by atoms with Crippen LogP contribution in [0.5, 0.6) is 5.75 Å². The van der Waals surface area contributed by atoms with E-state index in [1.807, 2.05) is 6.92 Å². The van der Waals surface area contributed by atoms with Crippen LogP contribution in [-0.2, 0) is 14.8 Å². The van der Waals surface area contributed by atoms with E-state index in [1.54, 1.807) is 38.1 Å². The van der Waals surface area contributed by atoms with Crippen LogP contribution in [0, 0.1) is 0 Å². The van der Waals surface area contributed by atoms with Crippen molar-refractivity contribution in [1.82, 2.24) is 10.0 Å². The zero-order valence-electron chi connectivity index (χ0n) is 16.6. The summed E-state index contributed by atoms with van der Waals surface area (Å²) < 4.78 is 32.1. The van der Waals surface area contributed by atoms with E-state index in [0.29, 0.717) is 23.5 Å². The summed E-state index contributed by atoms with van der Waals surface area (Å²) in [5.41, 5.74) is 0.864. The van der Waals surface area contributed by atoms with Crippen molar-refractivity contribution in [3.05, 3.63) is 54.1 Å². The number of ether oxygens (including phenoxy) is 1. The van der Waals surface area contributed by atoms with Crippen molar-refractivity contribution < 1.29 is 22.7 Å². The molecule has 2 amide bonds. The standard InChI is InChI=1S/C20H25N3O5S/c1-4-21-19(24)13-28-17-9-7-16(8-10-17)22-20(25)15-5-11-18(12-6-15)29(26,27)23-14(2)3/h5-12,14,23H,4,13H2,1-3H3,(H,21,24)(H,22,25). The molecule has 2 aromatic carbocycles. The molecule has 2 aromatic rings. The average Bonchev–Trinajstić information content (AvgIpc) is 2.67. The van der Waals surface area contributed by atoms with Gasteiger partial charge in [-0.25, -0.2) is 13.1 Å². The summed E-state index contributed by atoms with van der Waals surface area (Å²) in [6.45, 7) is 5.74. The van der Waals surface area contributed by atoms with Crippen LogP contribution in [0.4, 0.5) is 5.69 Å². The molecule has 0 aliphatic heterocycles. The van der Waals surface area contributed by atoms with Gasteiger partial charge in [0.15, 0.2) is 6.61 Å². The van der Waals surface area contributed by atoms with Crippen LogP contribution >= 0.6 is 0 Å². The zero-order chi connectivity index (χ0) is 21.4. The first-order chi connectivity index (χ1) is 13.7. The van der Waals surface area contributed by atoms with E-state index in [0.717, 1.165) is 0 Å². The van der Waals surface area contributed by atoms with E-state index < -0.39 is 10.0 Å². The summed E-state index contributed by atoms with van der Waals surface area (Å²) in [4.78, 5) is 23.8. The number of hydrogen-bond donors (Lipinski definition) is 3. The van der Waals surface area contributed by atoms with Crippen LogP contribution in [0.15, 0.2) is 53.4 Å². The fraction of sp³-hybridized carbons (Fsp3) is 0.300. The van der Waals surface area contributed by atoms with Gasteiger partial charge in [-0.05, 0) is 69.3 Å². The maximum absolute atomic E-state index is 12.4. The molecular weight excluding hydrogens is 394 g/mol. The molecule has 0 aliphatic rings. The molecule has 2 rings (SSSR count). The first-order valence-electron chi connectivity index (χ1n) is 9.14. The molecule has 156 valence electrons. The van der Waals surface area contributed by atoms with Crippen molar-refractivity contribution >= 4 is 27.5 Å². The highest BCUT2D eigenvalue weighted by Gasteiger charge is 2.16. The zero-order valence-corrected chi connectivity index (χ0v) is 17.4. The minimum atomic E-state index is -3.61. The van der Waals surface area contributed by atoms with Gasteiger partial charge in [0, 0.05) is 23.8 Å². The molecule has 0 bridgehead atoms. The van der Waals surface area contributed by atoms with Crippen molar-refractivity contribution in [1.29, 1.82) is 0 Å². The molecule has 0 spiro atoms. The second kappa shape index (κ2) is 10.0. The Kier molecular flexibility index (Phi) is 7.74.